The molecule has 1 rings (SSSR count). The van der Waals surface area contributed by atoms with Crippen molar-refractivity contribution >= 4 is 11.8 Å². The summed E-state index contributed by atoms with van der Waals surface area (Å²) in [5.41, 5.74) is 0.935. The van der Waals surface area contributed by atoms with Crippen LogP contribution in [0.25, 0.3) is 0 Å². The average molecular weight is 220 g/mol. The molecule has 0 radical (unpaired) electrons. The average Bonchev–Trinajstić information content (AvgIpc) is 2.10. The predicted octanol–water partition coefficient (Wildman–Crippen LogP) is 2.59. The first-order chi connectivity index (χ1) is 7.40. The van der Waals surface area contributed by atoms with E-state index in [-0.39, 0.29) is 5.54 Å². The summed E-state index contributed by atoms with van der Waals surface area (Å²) in [6.07, 6.45) is 1.78. The SMILES string of the molecule is C=CCNc1nc(C)cc(NC(C)(C)C)n1. The Hall–Kier alpha value is -1.58. The van der Waals surface area contributed by atoms with E-state index in [4.69, 9.17) is 0 Å². The van der Waals surface area contributed by atoms with Crippen molar-refractivity contribution in [3.63, 3.8) is 0 Å². The molecule has 16 heavy (non-hydrogen) atoms. The Balaban J connectivity index is 2.85. The molecule has 0 saturated heterocycles. The summed E-state index contributed by atoms with van der Waals surface area (Å²) in [4.78, 5) is 8.67. The first-order valence-corrected chi connectivity index (χ1v) is 5.39. The van der Waals surface area contributed by atoms with Crippen LogP contribution in [0.2, 0.25) is 0 Å². The molecule has 1 aromatic rings. The van der Waals surface area contributed by atoms with Gasteiger partial charge in [-0.25, -0.2) is 4.98 Å². The van der Waals surface area contributed by atoms with Crippen molar-refractivity contribution < 1.29 is 0 Å². The quantitative estimate of drug-likeness (QED) is 0.766. The van der Waals surface area contributed by atoms with Gasteiger partial charge in [0.25, 0.3) is 0 Å². The van der Waals surface area contributed by atoms with Crippen LogP contribution in [-0.2, 0) is 0 Å². The number of aromatic nitrogens is 2. The van der Waals surface area contributed by atoms with Gasteiger partial charge in [0.2, 0.25) is 5.95 Å². The summed E-state index contributed by atoms with van der Waals surface area (Å²) < 4.78 is 0. The minimum atomic E-state index is -0.00347. The number of rotatable bonds is 4. The van der Waals surface area contributed by atoms with Gasteiger partial charge in [0.05, 0.1) is 0 Å². The highest BCUT2D eigenvalue weighted by Crippen LogP contribution is 2.14. The molecule has 2 N–H and O–H groups in total. The Bertz CT molecular complexity index is 366. The van der Waals surface area contributed by atoms with Crippen LogP contribution >= 0.6 is 0 Å². The summed E-state index contributed by atoms with van der Waals surface area (Å²) in [7, 11) is 0. The predicted molar refractivity (Wildman–Crippen MR) is 68.8 cm³/mol. The fourth-order valence-electron chi connectivity index (χ4n) is 1.26. The molecule has 1 heterocycles. The van der Waals surface area contributed by atoms with Gasteiger partial charge in [-0.15, -0.1) is 6.58 Å². The number of nitrogens with one attached hydrogen (secondary N) is 2. The molecular formula is C12H20N4. The van der Waals surface area contributed by atoms with Crippen molar-refractivity contribution in [3.8, 4) is 0 Å². The van der Waals surface area contributed by atoms with E-state index in [1.54, 1.807) is 6.08 Å². The molecule has 0 atom stereocenters. The van der Waals surface area contributed by atoms with Gasteiger partial charge in [0, 0.05) is 23.8 Å². The lowest BCUT2D eigenvalue weighted by Gasteiger charge is -2.21. The number of hydrogen-bond acceptors (Lipinski definition) is 4. The van der Waals surface area contributed by atoms with E-state index >= 15 is 0 Å². The molecule has 88 valence electrons. The Labute approximate surface area is 97.2 Å². The second-order valence-electron chi connectivity index (χ2n) is 4.76. The van der Waals surface area contributed by atoms with Gasteiger partial charge in [-0.2, -0.15) is 4.98 Å². The highest BCUT2D eigenvalue weighted by Gasteiger charge is 2.11. The third-order valence-electron chi connectivity index (χ3n) is 1.76. The van der Waals surface area contributed by atoms with Crippen LogP contribution in [0.3, 0.4) is 0 Å². The number of aryl methyl sites for hydroxylation is 1. The Morgan fingerprint density at radius 2 is 2.06 bits per heavy atom. The smallest absolute Gasteiger partial charge is 0.225 e. The molecule has 0 aliphatic rings. The minimum absolute atomic E-state index is 0.00347. The molecular weight excluding hydrogens is 200 g/mol. The lowest BCUT2D eigenvalue weighted by atomic mass is 10.1. The maximum absolute atomic E-state index is 4.38. The van der Waals surface area contributed by atoms with Gasteiger partial charge < -0.3 is 10.6 Å². The number of anilines is 2. The lowest BCUT2D eigenvalue weighted by Crippen LogP contribution is -2.27. The monoisotopic (exact) mass is 220 g/mol. The molecule has 4 nitrogen and oxygen atoms in total. The van der Waals surface area contributed by atoms with E-state index in [0.717, 1.165) is 11.5 Å². The molecule has 1 aromatic heterocycles. The van der Waals surface area contributed by atoms with Gasteiger partial charge in [0.15, 0.2) is 0 Å². The van der Waals surface area contributed by atoms with E-state index < -0.39 is 0 Å². The van der Waals surface area contributed by atoms with Crippen LogP contribution in [0.4, 0.5) is 11.8 Å². The van der Waals surface area contributed by atoms with Gasteiger partial charge >= 0.3 is 0 Å². The van der Waals surface area contributed by atoms with E-state index in [0.29, 0.717) is 12.5 Å². The second kappa shape index (κ2) is 4.96. The van der Waals surface area contributed by atoms with Crippen LogP contribution in [0.5, 0.6) is 0 Å². The van der Waals surface area contributed by atoms with E-state index in [1.165, 1.54) is 0 Å². The summed E-state index contributed by atoms with van der Waals surface area (Å²) in [6.45, 7) is 12.6. The van der Waals surface area contributed by atoms with Crippen LogP contribution in [0.1, 0.15) is 26.5 Å². The summed E-state index contributed by atoms with van der Waals surface area (Å²) in [6, 6.07) is 1.93. The molecule has 0 fully saturated rings. The van der Waals surface area contributed by atoms with E-state index in [1.807, 2.05) is 13.0 Å². The van der Waals surface area contributed by atoms with Crippen LogP contribution in [0, 0.1) is 6.92 Å². The van der Waals surface area contributed by atoms with E-state index in [2.05, 4.69) is 48.0 Å². The van der Waals surface area contributed by atoms with E-state index in [9.17, 15) is 0 Å². The molecule has 0 aliphatic heterocycles. The van der Waals surface area contributed by atoms with Crippen LogP contribution < -0.4 is 10.6 Å². The van der Waals surface area contributed by atoms with Crippen molar-refractivity contribution in [1.29, 1.82) is 0 Å². The molecule has 0 amide bonds. The van der Waals surface area contributed by atoms with Crippen molar-refractivity contribution in [2.75, 3.05) is 17.2 Å². The summed E-state index contributed by atoms with van der Waals surface area (Å²) >= 11 is 0. The van der Waals surface area contributed by atoms with Crippen molar-refractivity contribution in [1.82, 2.24) is 9.97 Å². The zero-order valence-electron chi connectivity index (χ0n) is 10.5. The van der Waals surface area contributed by atoms with Gasteiger partial charge in [0.1, 0.15) is 5.82 Å². The Kier molecular flexibility index (Phi) is 3.88. The van der Waals surface area contributed by atoms with Crippen LogP contribution in [-0.4, -0.2) is 22.1 Å². The number of hydrogen-bond donors (Lipinski definition) is 2. The fourth-order valence-corrected chi connectivity index (χ4v) is 1.26. The highest BCUT2D eigenvalue weighted by atomic mass is 15.2. The van der Waals surface area contributed by atoms with Crippen molar-refractivity contribution in [3.05, 3.63) is 24.4 Å². The normalized spacial score (nSPS) is 11.0. The van der Waals surface area contributed by atoms with Crippen LogP contribution in [0.15, 0.2) is 18.7 Å². The zero-order valence-corrected chi connectivity index (χ0v) is 10.5. The summed E-state index contributed by atoms with van der Waals surface area (Å²) in [5, 5.41) is 6.40. The standard InChI is InChI=1S/C12H20N4/c1-6-7-13-11-14-9(2)8-10(15-11)16-12(3,4)5/h6,8H,1,7H2,2-5H3,(H2,13,14,15,16). The first-order valence-electron chi connectivity index (χ1n) is 5.39. The highest BCUT2D eigenvalue weighted by molar-refractivity contribution is 5.43. The third-order valence-corrected chi connectivity index (χ3v) is 1.76. The van der Waals surface area contributed by atoms with Crippen molar-refractivity contribution in [2.24, 2.45) is 0 Å². The van der Waals surface area contributed by atoms with Gasteiger partial charge in [-0.05, 0) is 27.7 Å². The topological polar surface area (TPSA) is 49.8 Å². The molecule has 0 bridgehead atoms. The summed E-state index contributed by atoms with van der Waals surface area (Å²) in [5.74, 6) is 1.47. The largest absolute Gasteiger partial charge is 0.365 e. The molecule has 0 aromatic carbocycles. The second-order valence-corrected chi connectivity index (χ2v) is 4.76. The van der Waals surface area contributed by atoms with Gasteiger partial charge in [-0.3, -0.25) is 0 Å². The molecule has 0 spiro atoms. The maximum atomic E-state index is 4.38. The fraction of sp³-hybridized carbons (Fsp3) is 0.500. The minimum Gasteiger partial charge on any atom is -0.365 e. The molecule has 0 aliphatic carbocycles. The molecule has 0 saturated carbocycles. The molecule has 4 heteroatoms. The molecule has 0 unspecified atom stereocenters. The number of nitrogens with zero attached hydrogens (tertiary/aromatic N) is 2. The zero-order chi connectivity index (χ0) is 12.2. The van der Waals surface area contributed by atoms with Gasteiger partial charge in [-0.1, -0.05) is 6.08 Å². The lowest BCUT2D eigenvalue weighted by molar-refractivity contribution is 0.630. The Morgan fingerprint density at radius 1 is 1.38 bits per heavy atom. The third kappa shape index (κ3) is 4.29. The van der Waals surface area contributed by atoms with Crippen molar-refractivity contribution in [2.45, 2.75) is 33.2 Å². The Morgan fingerprint density at radius 3 is 2.62 bits per heavy atom. The first kappa shape index (κ1) is 12.5. The maximum Gasteiger partial charge on any atom is 0.225 e.